The zero-order chi connectivity index (χ0) is 15.1. The molecular formula is C16H26N4O. The summed E-state index contributed by atoms with van der Waals surface area (Å²) in [6.45, 7) is 3.92. The molecule has 1 aliphatic rings. The van der Waals surface area contributed by atoms with Crippen molar-refractivity contribution in [3.8, 4) is 5.75 Å². The van der Waals surface area contributed by atoms with Crippen LogP contribution in [0.5, 0.6) is 5.75 Å². The fraction of sp³-hybridized carbons (Fsp3) is 0.562. The number of nitrogens with zero attached hydrogens (tertiary/aromatic N) is 2. The number of hydrogen-bond acceptors (Lipinski definition) is 3. The van der Waals surface area contributed by atoms with Gasteiger partial charge in [0.1, 0.15) is 5.75 Å². The highest BCUT2D eigenvalue weighted by atomic mass is 16.5. The van der Waals surface area contributed by atoms with Gasteiger partial charge < -0.3 is 20.7 Å². The van der Waals surface area contributed by atoms with Gasteiger partial charge >= 0.3 is 0 Å². The molecular weight excluding hydrogens is 264 g/mol. The Morgan fingerprint density at radius 2 is 2.19 bits per heavy atom. The van der Waals surface area contributed by atoms with Crippen LogP contribution in [0.2, 0.25) is 0 Å². The van der Waals surface area contributed by atoms with Crippen LogP contribution in [-0.2, 0) is 6.42 Å². The molecule has 0 aliphatic carbocycles. The molecule has 5 nitrogen and oxygen atoms in total. The van der Waals surface area contributed by atoms with Gasteiger partial charge in [0.15, 0.2) is 5.96 Å². The number of aliphatic imine (C=N–C) groups is 1. The highest BCUT2D eigenvalue weighted by molar-refractivity contribution is 5.77. The molecule has 1 heterocycles. The van der Waals surface area contributed by atoms with Crippen LogP contribution in [0.3, 0.4) is 0 Å². The van der Waals surface area contributed by atoms with E-state index in [2.05, 4.69) is 34.4 Å². The van der Waals surface area contributed by atoms with Gasteiger partial charge in [-0.1, -0.05) is 12.1 Å². The van der Waals surface area contributed by atoms with E-state index in [0.29, 0.717) is 11.9 Å². The molecule has 1 fully saturated rings. The van der Waals surface area contributed by atoms with Gasteiger partial charge in [0.25, 0.3) is 0 Å². The Morgan fingerprint density at radius 3 is 2.81 bits per heavy atom. The first-order valence-electron chi connectivity index (χ1n) is 7.52. The molecule has 0 radical (unpaired) electrons. The number of guanidine groups is 1. The summed E-state index contributed by atoms with van der Waals surface area (Å²) in [6, 6.07) is 8.09. The van der Waals surface area contributed by atoms with Crippen LogP contribution in [-0.4, -0.2) is 51.2 Å². The Kier molecular flexibility index (Phi) is 5.87. The van der Waals surface area contributed by atoms with Crippen molar-refractivity contribution in [2.24, 2.45) is 16.6 Å². The average molecular weight is 290 g/mol. The molecule has 1 aromatic carbocycles. The predicted octanol–water partition coefficient (Wildman–Crippen LogP) is 1.09. The topological polar surface area (TPSA) is 62.9 Å². The lowest BCUT2D eigenvalue weighted by Crippen LogP contribution is -2.33. The van der Waals surface area contributed by atoms with Crippen molar-refractivity contribution in [1.82, 2.24) is 10.2 Å². The molecule has 21 heavy (non-hydrogen) atoms. The van der Waals surface area contributed by atoms with Crippen LogP contribution in [0, 0.1) is 5.92 Å². The normalized spacial score (nSPS) is 19.7. The number of hydrogen-bond donors (Lipinski definition) is 2. The monoisotopic (exact) mass is 290 g/mol. The van der Waals surface area contributed by atoms with Crippen molar-refractivity contribution in [3.05, 3.63) is 29.8 Å². The number of methoxy groups -OCH3 is 1. The van der Waals surface area contributed by atoms with Crippen molar-refractivity contribution < 1.29 is 4.74 Å². The lowest BCUT2D eigenvalue weighted by molar-refractivity contribution is 0.397. The van der Waals surface area contributed by atoms with Crippen LogP contribution >= 0.6 is 0 Å². The standard InChI is InChI=1S/C16H26N4O/c1-20-10-8-14(12-20)11-19-16(17)18-9-7-13-3-5-15(21-2)6-4-13/h3-6,14H,7-12H2,1-2H3,(H3,17,18,19)/t14-/m1/s1. The summed E-state index contributed by atoms with van der Waals surface area (Å²) in [5, 5.41) is 3.18. The van der Waals surface area contributed by atoms with Gasteiger partial charge in [-0.2, -0.15) is 0 Å². The highest BCUT2D eigenvalue weighted by Gasteiger charge is 2.18. The van der Waals surface area contributed by atoms with Gasteiger partial charge in [0.05, 0.1) is 7.11 Å². The summed E-state index contributed by atoms with van der Waals surface area (Å²) >= 11 is 0. The first kappa shape index (κ1) is 15.6. The molecule has 116 valence electrons. The summed E-state index contributed by atoms with van der Waals surface area (Å²) in [6.07, 6.45) is 2.14. The summed E-state index contributed by atoms with van der Waals surface area (Å²) in [5.41, 5.74) is 7.16. The first-order chi connectivity index (χ1) is 10.2. The van der Waals surface area contributed by atoms with Crippen LogP contribution in [0.15, 0.2) is 29.3 Å². The van der Waals surface area contributed by atoms with E-state index in [-0.39, 0.29) is 0 Å². The minimum absolute atomic E-state index is 0.554. The minimum Gasteiger partial charge on any atom is -0.497 e. The van der Waals surface area contributed by atoms with E-state index in [4.69, 9.17) is 10.5 Å². The molecule has 0 bridgehead atoms. The van der Waals surface area contributed by atoms with Crippen LogP contribution in [0.4, 0.5) is 0 Å². The highest BCUT2D eigenvalue weighted by Crippen LogP contribution is 2.14. The summed E-state index contributed by atoms with van der Waals surface area (Å²) in [4.78, 5) is 6.78. The summed E-state index contributed by atoms with van der Waals surface area (Å²) in [7, 11) is 3.83. The maximum absolute atomic E-state index is 5.90. The predicted molar refractivity (Wildman–Crippen MR) is 86.8 cm³/mol. The van der Waals surface area contributed by atoms with Crippen LogP contribution < -0.4 is 15.8 Å². The van der Waals surface area contributed by atoms with Crippen molar-refractivity contribution in [1.29, 1.82) is 0 Å². The second-order valence-corrected chi connectivity index (χ2v) is 5.67. The number of benzene rings is 1. The van der Waals surface area contributed by atoms with Crippen molar-refractivity contribution in [2.75, 3.05) is 40.3 Å². The maximum atomic E-state index is 5.90. The molecule has 1 aromatic rings. The quantitative estimate of drug-likeness (QED) is 0.608. The van der Waals surface area contributed by atoms with Gasteiger partial charge in [-0.25, -0.2) is 0 Å². The molecule has 0 spiro atoms. The van der Waals surface area contributed by atoms with Crippen molar-refractivity contribution >= 4 is 5.96 Å². The molecule has 3 N–H and O–H groups in total. The van der Waals surface area contributed by atoms with Gasteiger partial charge in [0, 0.05) is 19.6 Å². The molecule has 0 saturated carbocycles. The molecule has 0 amide bonds. The van der Waals surface area contributed by atoms with Gasteiger partial charge in [-0.05, 0) is 50.0 Å². The largest absolute Gasteiger partial charge is 0.497 e. The lowest BCUT2D eigenvalue weighted by Gasteiger charge is -2.09. The molecule has 2 rings (SSSR count). The number of rotatable bonds is 6. The summed E-state index contributed by atoms with van der Waals surface area (Å²) < 4.78 is 5.14. The fourth-order valence-electron chi connectivity index (χ4n) is 2.59. The van der Waals surface area contributed by atoms with E-state index < -0.39 is 0 Å². The Hall–Kier alpha value is -1.75. The first-order valence-corrected chi connectivity index (χ1v) is 7.52. The Morgan fingerprint density at radius 1 is 1.43 bits per heavy atom. The van der Waals surface area contributed by atoms with Crippen LogP contribution in [0.25, 0.3) is 0 Å². The Bertz CT molecular complexity index is 458. The number of nitrogens with one attached hydrogen (secondary N) is 1. The van der Waals surface area contributed by atoms with Crippen molar-refractivity contribution in [2.45, 2.75) is 12.8 Å². The lowest BCUT2D eigenvalue weighted by atomic mass is 10.1. The zero-order valence-corrected chi connectivity index (χ0v) is 13.0. The third-order valence-electron chi connectivity index (χ3n) is 3.89. The Balaban J connectivity index is 1.67. The zero-order valence-electron chi connectivity index (χ0n) is 13.0. The minimum atomic E-state index is 0.554. The molecule has 5 heteroatoms. The SMILES string of the molecule is COc1ccc(CCNC(N)=NC[C@H]2CCN(C)C2)cc1. The van der Waals surface area contributed by atoms with E-state index >= 15 is 0 Å². The maximum Gasteiger partial charge on any atom is 0.188 e. The molecule has 1 atom stereocenters. The number of nitrogens with two attached hydrogens (primary N) is 1. The fourth-order valence-corrected chi connectivity index (χ4v) is 2.59. The smallest absolute Gasteiger partial charge is 0.188 e. The average Bonchev–Trinajstić information content (AvgIpc) is 2.91. The molecule has 1 saturated heterocycles. The third kappa shape index (κ3) is 5.27. The second-order valence-electron chi connectivity index (χ2n) is 5.67. The number of likely N-dealkylation sites (tertiary alicyclic amines) is 1. The summed E-state index contributed by atoms with van der Waals surface area (Å²) in [5.74, 6) is 2.09. The van der Waals surface area contributed by atoms with Gasteiger partial charge in [0.2, 0.25) is 0 Å². The Labute approximate surface area is 127 Å². The van der Waals surface area contributed by atoms with E-state index in [0.717, 1.165) is 31.8 Å². The van der Waals surface area contributed by atoms with Gasteiger partial charge in [-0.3, -0.25) is 4.99 Å². The van der Waals surface area contributed by atoms with Crippen LogP contribution in [0.1, 0.15) is 12.0 Å². The van der Waals surface area contributed by atoms with Gasteiger partial charge in [-0.15, -0.1) is 0 Å². The van der Waals surface area contributed by atoms with E-state index in [9.17, 15) is 0 Å². The molecule has 1 aliphatic heterocycles. The van der Waals surface area contributed by atoms with Crippen molar-refractivity contribution in [3.63, 3.8) is 0 Å². The molecule has 0 unspecified atom stereocenters. The van der Waals surface area contributed by atoms with E-state index in [1.165, 1.54) is 18.5 Å². The second kappa shape index (κ2) is 7.88. The molecule has 0 aromatic heterocycles. The van der Waals surface area contributed by atoms with E-state index in [1.54, 1.807) is 7.11 Å². The third-order valence-corrected chi connectivity index (χ3v) is 3.89. The number of ether oxygens (including phenoxy) is 1. The van der Waals surface area contributed by atoms with E-state index in [1.807, 2.05) is 12.1 Å².